The number of amides is 1. The van der Waals surface area contributed by atoms with E-state index in [4.69, 9.17) is 10.00 Å². The minimum absolute atomic E-state index is 0.0114. The molecule has 1 amide bonds. The number of aryl methyl sites for hydroxylation is 2. The molecule has 2 aromatic rings. The van der Waals surface area contributed by atoms with Crippen LogP contribution in [0.3, 0.4) is 0 Å². The Balaban J connectivity index is 2.13. The number of likely N-dealkylation sites (N-methyl/N-ethyl adjacent to an activating group) is 1. The van der Waals surface area contributed by atoms with E-state index in [1.165, 1.54) is 30.1 Å². The highest BCUT2D eigenvalue weighted by Gasteiger charge is 2.21. The van der Waals surface area contributed by atoms with Crippen molar-refractivity contribution in [1.82, 2.24) is 4.90 Å². The summed E-state index contributed by atoms with van der Waals surface area (Å²) in [4.78, 5) is 25.5. The van der Waals surface area contributed by atoms with E-state index in [0.717, 1.165) is 5.56 Å². The van der Waals surface area contributed by atoms with Crippen LogP contribution in [0.15, 0.2) is 47.4 Å². The number of benzene rings is 2. The lowest BCUT2D eigenvalue weighted by molar-refractivity contribution is -0.133. The van der Waals surface area contributed by atoms with Crippen molar-refractivity contribution < 1.29 is 22.7 Å². The zero-order valence-corrected chi connectivity index (χ0v) is 17.8. The minimum Gasteiger partial charge on any atom is -0.452 e. The molecule has 2 rings (SSSR count). The van der Waals surface area contributed by atoms with Gasteiger partial charge in [-0.2, -0.15) is 5.26 Å². The van der Waals surface area contributed by atoms with Crippen LogP contribution >= 0.6 is 0 Å². The molecule has 0 saturated heterocycles. The molecule has 0 fully saturated rings. The van der Waals surface area contributed by atoms with Crippen molar-refractivity contribution in [2.75, 3.05) is 24.9 Å². The molecule has 0 radical (unpaired) electrons. The van der Waals surface area contributed by atoms with Gasteiger partial charge in [-0.25, -0.2) is 13.2 Å². The van der Waals surface area contributed by atoms with Crippen LogP contribution in [0.1, 0.15) is 27.9 Å². The summed E-state index contributed by atoms with van der Waals surface area (Å²) in [5, 5.41) is 8.56. The first-order valence-corrected chi connectivity index (χ1v) is 10.6. The minimum atomic E-state index is -3.93. The molecule has 0 bridgehead atoms. The number of ether oxygens (including phenoxy) is 1. The monoisotopic (exact) mass is 429 g/mol. The number of esters is 1. The summed E-state index contributed by atoms with van der Waals surface area (Å²) in [6.07, 6.45) is 0.170. The van der Waals surface area contributed by atoms with Gasteiger partial charge in [-0.05, 0) is 43.7 Å². The van der Waals surface area contributed by atoms with Crippen molar-refractivity contribution in [3.8, 4) is 6.07 Å². The van der Waals surface area contributed by atoms with Gasteiger partial charge < -0.3 is 9.64 Å². The number of rotatable bonds is 8. The molecule has 0 spiro atoms. The molecule has 0 atom stereocenters. The van der Waals surface area contributed by atoms with Crippen LogP contribution in [0.5, 0.6) is 0 Å². The smallest absolute Gasteiger partial charge is 0.338 e. The van der Waals surface area contributed by atoms with Crippen molar-refractivity contribution in [2.24, 2.45) is 0 Å². The lowest BCUT2D eigenvalue weighted by Crippen LogP contribution is -2.32. The second-order valence-corrected chi connectivity index (χ2v) is 8.40. The van der Waals surface area contributed by atoms with Gasteiger partial charge in [0.25, 0.3) is 15.9 Å². The Bertz CT molecular complexity index is 1070. The van der Waals surface area contributed by atoms with E-state index in [-0.39, 0.29) is 23.4 Å². The average Bonchev–Trinajstić information content (AvgIpc) is 2.71. The van der Waals surface area contributed by atoms with Crippen molar-refractivity contribution in [3.05, 3.63) is 59.2 Å². The van der Waals surface area contributed by atoms with Crippen LogP contribution in [0.2, 0.25) is 0 Å². The zero-order chi connectivity index (χ0) is 22.3. The SMILES string of the molecule is Cc1ccc(NS(=O)(=O)c2cc(C(=O)OCC(=O)N(C)CCC#N)ccc2C)cc1. The normalized spacial score (nSPS) is 10.7. The number of sulfonamides is 1. The lowest BCUT2D eigenvalue weighted by atomic mass is 10.1. The number of anilines is 1. The number of hydrogen-bond acceptors (Lipinski definition) is 6. The van der Waals surface area contributed by atoms with Crippen LogP contribution in [0, 0.1) is 25.2 Å². The summed E-state index contributed by atoms with van der Waals surface area (Å²) >= 11 is 0. The maximum Gasteiger partial charge on any atom is 0.338 e. The number of hydrogen-bond donors (Lipinski definition) is 1. The Kier molecular flexibility index (Phi) is 7.55. The van der Waals surface area contributed by atoms with Gasteiger partial charge in [0.2, 0.25) is 0 Å². The summed E-state index contributed by atoms with van der Waals surface area (Å²) in [7, 11) is -2.43. The van der Waals surface area contributed by atoms with E-state index < -0.39 is 28.5 Å². The Labute approximate surface area is 176 Å². The van der Waals surface area contributed by atoms with Crippen LogP contribution < -0.4 is 4.72 Å². The summed E-state index contributed by atoms with van der Waals surface area (Å²) in [6.45, 7) is 3.23. The third-order valence-electron chi connectivity index (χ3n) is 4.33. The van der Waals surface area contributed by atoms with Crippen molar-refractivity contribution in [1.29, 1.82) is 5.26 Å². The van der Waals surface area contributed by atoms with Gasteiger partial charge in [0.05, 0.1) is 22.9 Å². The summed E-state index contributed by atoms with van der Waals surface area (Å²) in [6, 6.07) is 12.9. The summed E-state index contributed by atoms with van der Waals surface area (Å²) in [5.41, 5.74) is 1.86. The highest BCUT2D eigenvalue weighted by molar-refractivity contribution is 7.92. The highest BCUT2D eigenvalue weighted by atomic mass is 32.2. The van der Waals surface area contributed by atoms with Crippen LogP contribution in [0.25, 0.3) is 0 Å². The average molecular weight is 429 g/mol. The van der Waals surface area contributed by atoms with Gasteiger partial charge in [-0.3, -0.25) is 9.52 Å². The first-order chi connectivity index (χ1) is 14.1. The summed E-state index contributed by atoms with van der Waals surface area (Å²) in [5.74, 6) is -1.27. The molecule has 0 aliphatic rings. The fourth-order valence-electron chi connectivity index (χ4n) is 2.51. The van der Waals surface area contributed by atoms with E-state index in [2.05, 4.69) is 4.72 Å². The molecule has 2 aromatic carbocycles. The van der Waals surface area contributed by atoms with Crippen LogP contribution in [-0.4, -0.2) is 45.4 Å². The van der Waals surface area contributed by atoms with Gasteiger partial charge in [-0.1, -0.05) is 23.8 Å². The van der Waals surface area contributed by atoms with Gasteiger partial charge in [0.15, 0.2) is 6.61 Å². The molecular weight excluding hydrogens is 406 g/mol. The second kappa shape index (κ2) is 9.89. The number of nitrogens with one attached hydrogen (secondary N) is 1. The molecule has 158 valence electrons. The summed E-state index contributed by atoms with van der Waals surface area (Å²) < 4.78 is 33.1. The van der Waals surface area contributed by atoms with E-state index >= 15 is 0 Å². The fraction of sp³-hybridized carbons (Fsp3) is 0.286. The van der Waals surface area contributed by atoms with Crippen molar-refractivity contribution >= 4 is 27.6 Å². The number of carbonyl (C=O) groups excluding carboxylic acids is 2. The van der Waals surface area contributed by atoms with Crippen LogP contribution in [0.4, 0.5) is 5.69 Å². The van der Waals surface area contributed by atoms with E-state index in [9.17, 15) is 18.0 Å². The topological polar surface area (TPSA) is 117 Å². The lowest BCUT2D eigenvalue weighted by Gasteiger charge is -2.15. The molecule has 8 nitrogen and oxygen atoms in total. The molecule has 0 aromatic heterocycles. The largest absolute Gasteiger partial charge is 0.452 e. The molecule has 30 heavy (non-hydrogen) atoms. The maximum absolute atomic E-state index is 12.8. The van der Waals surface area contributed by atoms with E-state index in [1.54, 1.807) is 31.2 Å². The molecular formula is C21H23N3O5S. The molecule has 0 heterocycles. The van der Waals surface area contributed by atoms with E-state index in [0.29, 0.717) is 11.3 Å². The second-order valence-electron chi connectivity index (χ2n) is 6.75. The Morgan fingerprint density at radius 1 is 1.13 bits per heavy atom. The third kappa shape index (κ3) is 6.06. The first kappa shape index (κ1) is 22.9. The predicted molar refractivity (Wildman–Crippen MR) is 111 cm³/mol. The Morgan fingerprint density at radius 3 is 2.43 bits per heavy atom. The quantitative estimate of drug-likeness (QED) is 0.645. The van der Waals surface area contributed by atoms with Gasteiger partial charge >= 0.3 is 5.97 Å². The highest BCUT2D eigenvalue weighted by Crippen LogP contribution is 2.21. The molecule has 0 aliphatic carbocycles. The van der Waals surface area contributed by atoms with Gasteiger partial charge in [0, 0.05) is 19.3 Å². The predicted octanol–water partition coefficient (Wildman–Crippen LogP) is 2.63. The Morgan fingerprint density at radius 2 is 1.80 bits per heavy atom. The molecule has 1 N–H and O–H groups in total. The van der Waals surface area contributed by atoms with Crippen molar-refractivity contribution in [2.45, 2.75) is 25.2 Å². The number of nitriles is 1. The van der Waals surface area contributed by atoms with Gasteiger partial charge in [0.1, 0.15) is 0 Å². The fourth-order valence-corrected chi connectivity index (χ4v) is 3.84. The van der Waals surface area contributed by atoms with Gasteiger partial charge in [-0.15, -0.1) is 0 Å². The number of carbonyl (C=O) groups is 2. The third-order valence-corrected chi connectivity index (χ3v) is 5.85. The maximum atomic E-state index is 12.8. The van der Waals surface area contributed by atoms with Crippen molar-refractivity contribution in [3.63, 3.8) is 0 Å². The first-order valence-electron chi connectivity index (χ1n) is 9.12. The molecule has 0 aliphatic heterocycles. The van der Waals surface area contributed by atoms with Crippen LogP contribution in [-0.2, 0) is 19.6 Å². The standard InChI is InChI=1S/C21H23N3O5S/c1-15-5-9-18(10-6-15)23-30(27,28)19-13-17(8-7-16(19)2)21(26)29-14-20(25)24(3)12-4-11-22/h5-10,13,23H,4,12,14H2,1-3H3. The number of nitrogens with zero attached hydrogens (tertiary/aromatic N) is 2. The Hall–Kier alpha value is -3.38. The van der Waals surface area contributed by atoms with E-state index in [1.807, 2.05) is 13.0 Å². The molecule has 0 unspecified atom stereocenters. The molecule has 0 saturated carbocycles. The molecule has 9 heteroatoms. The zero-order valence-electron chi connectivity index (χ0n) is 17.0.